The zero-order valence-corrected chi connectivity index (χ0v) is 13.9. The Morgan fingerprint density at radius 1 is 1.36 bits per heavy atom. The van der Waals surface area contributed by atoms with Crippen LogP contribution in [-0.2, 0) is 4.79 Å². The number of carbonyl (C=O) groups excluding carboxylic acids is 2. The lowest BCUT2D eigenvalue weighted by Crippen LogP contribution is -2.31. The van der Waals surface area contributed by atoms with Crippen LogP contribution in [0.4, 0.5) is 0 Å². The Labute approximate surface area is 138 Å². The van der Waals surface area contributed by atoms with E-state index in [0.717, 1.165) is 0 Å². The maximum Gasteiger partial charge on any atom is 0.220 e. The molecule has 124 valence electrons. The van der Waals surface area contributed by atoms with Crippen LogP contribution >= 0.6 is 12.4 Å². The Morgan fingerprint density at radius 3 is 2.73 bits per heavy atom. The van der Waals surface area contributed by atoms with Gasteiger partial charge in [0.25, 0.3) is 0 Å². The van der Waals surface area contributed by atoms with Gasteiger partial charge < -0.3 is 15.8 Å². The lowest BCUT2D eigenvalue weighted by atomic mass is 10.1. The third-order valence-electron chi connectivity index (χ3n) is 3.11. The van der Waals surface area contributed by atoms with E-state index in [1.165, 1.54) is 6.92 Å². The number of hydrogen-bond acceptors (Lipinski definition) is 4. The summed E-state index contributed by atoms with van der Waals surface area (Å²) in [4.78, 5) is 22.8. The van der Waals surface area contributed by atoms with E-state index in [4.69, 9.17) is 10.5 Å². The van der Waals surface area contributed by atoms with Gasteiger partial charge in [-0.15, -0.1) is 12.4 Å². The minimum absolute atomic E-state index is 0. The molecule has 0 spiro atoms. The third kappa shape index (κ3) is 8.00. The minimum atomic E-state index is 0. The SMILES string of the molecule is CC(=O)c1cccc(OCCCC(=O)NCC(C)CN)c1.Cl. The van der Waals surface area contributed by atoms with Crippen molar-refractivity contribution in [2.75, 3.05) is 19.7 Å². The molecule has 0 aliphatic heterocycles. The molecule has 0 saturated carbocycles. The van der Waals surface area contributed by atoms with Crippen LogP contribution in [0.2, 0.25) is 0 Å². The fraction of sp³-hybridized carbons (Fsp3) is 0.500. The predicted octanol–water partition coefficient (Wildman–Crippen LogP) is 2.18. The van der Waals surface area contributed by atoms with Gasteiger partial charge in [-0.25, -0.2) is 0 Å². The number of ether oxygens (including phenoxy) is 1. The third-order valence-corrected chi connectivity index (χ3v) is 3.11. The first-order valence-electron chi connectivity index (χ1n) is 7.23. The van der Waals surface area contributed by atoms with Crippen molar-refractivity contribution in [1.82, 2.24) is 5.32 Å². The quantitative estimate of drug-likeness (QED) is 0.538. The van der Waals surface area contributed by atoms with Crippen LogP contribution in [0, 0.1) is 5.92 Å². The molecule has 1 unspecified atom stereocenters. The average molecular weight is 329 g/mol. The first-order chi connectivity index (χ1) is 10.0. The highest BCUT2D eigenvalue weighted by molar-refractivity contribution is 5.94. The predicted molar refractivity (Wildman–Crippen MR) is 89.7 cm³/mol. The van der Waals surface area contributed by atoms with Crippen molar-refractivity contribution >= 4 is 24.1 Å². The maximum absolute atomic E-state index is 11.6. The summed E-state index contributed by atoms with van der Waals surface area (Å²) in [6, 6.07) is 7.05. The fourth-order valence-electron chi connectivity index (χ4n) is 1.69. The van der Waals surface area contributed by atoms with E-state index >= 15 is 0 Å². The number of Topliss-reactive ketones (excluding diaryl/α,β-unsaturated/α-hetero) is 1. The molecule has 0 saturated heterocycles. The van der Waals surface area contributed by atoms with Crippen LogP contribution in [0.3, 0.4) is 0 Å². The number of nitrogens with one attached hydrogen (secondary N) is 1. The van der Waals surface area contributed by atoms with E-state index < -0.39 is 0 Å². The van der Waals surface area contributed by atoms with E-state index in [0.29, 0.717) is 49.8 Å². The summed E-state index contributed by atoms with van der Waals surface area (Å²) < 4.78 is 5.54. The molecule has 0 radical (unpaired) electrons. The number of ketones is 1. The number of hydrogen-bond donors (Lipinski definition) is 2. The van der Waals surface area contributed by atoms with Gasteiger partial charge in [0.1, 0.15) is 5.75 Å². The molecule has 22 heavy (non-hydrogen) atoms. The molecule has 5 nitrogen and oxygen atoms in total. The van der Waals surface area contributed by atoms with Gasteiger partial charge in [-0.05, 0) is 37.9 Å². The molecule has 1 rings (SSSR count). The molecule has 1 amide bonds. The van der Waals surface area contributed by atoms with Crippen molar-refractivity contribution in [3.63, 3.8) is 0 Å². The summed E-state index contributed by atoms with van der Waals surface area (Å²) in [6.45, 7) is 5.13. The summed E-state index contributed by atoms with van der Waals surface area (Å²) in [6.07, 6.45) is 1.05. The largest absolute Gasteiger partial charge is 0.494 e. The molecule has 0 bridgehead atoms. The van der Waals surface area contributed by atoms with Gasteiger partial charge in [-0.3, -0.25) is 9.59 Å². The highest BCUT2D eigenvalue weighted by atomic mass is 35.5. The topological polar surface area (TPSA) is 81.4 Å². The maximum atomic E-state index is 11.6. The number of rotatable bonds is 9. The lowest BCUT2D eigenvalue weighted by Gasteiger charge is -2.10. The van der Waals surface area contributed by atoms with Crippen LogP contribution in [0.5, 0.6) is 5.75 Å². The van der Waals surface area contributed by atoms with Crippen molar-refractivity contribution in [1.29, 1.82) is 0 Å². The summed E-state index contributed by atoms with van der Waals surface area (Å²) >= 11 is 0. The van der Waals surface area contributed by atoms with Crippen LogP contribution in [0.1, 0.15) is 37.0 Å². The molecule has 1 atom stereocenters. The second-order valence-corrected chi connectivity index (χ2v) is 5.18. The second-order valence-electron chi connectivity index (χ2n) is 5.18. The van der Waals surface area contributed by atoms with Crippen LogP contribution < -0.4 is 15.8 Å². The molecule has 6 heteroatoms. The van der Waals surface area contributed by atoms with Crippen molar-refractivity contribution < 1.29 is 14.3 Å². The van der Waals surface area contributed by atoms with Crippen LogP contribution in [0.15, 0.2) is 24.3 Å². The Hall–Kier alpha value is -1.59. The van der Waals surface area contributed by atoms with Crippen molar-refractivity contribution in [2.24, 2.45) is 11.7 Å². The molecule has 0 aliphatic rings. The zero-order valence-electron chi connectivity index (χ0n) is 13.1. The molecular formula is C16H25ClN2O3. The van der Waals surface area contributed by atoms with Crippen LogP contribution in [-0.4, -0.2) is 31.4 Å². The Bertz CT molecular complexity index is 480. The van der Waals surface area contributed by atoms with Gasteiger partial charge in [0.05, 0.1) is 6.61 Å². The monoisotopic (exact) mass is 328 g/mol. The van der Waals surface area contributed by atoms with Crippen molar-refractivity contribution in [3.8, 4) is 5.75 Å². The Morgan fingerprint density at radius 2 is 2.09 bits per heavy atom. The van der Waals surface area contributed by atoms with E-state index in [1.807, 2.05) is 6.92 Å². The van der Waals surface area contributed by atoms with Gasteiger partial charge in [0, 0.05) is 18.5 Å². The van der Waals surface area contributed by atoms with Crippen molar-refractivity contribution in [3.05, 3.63) is 29.8 Å². The van der Waals surface area contributed by atoms with E-state index in [-0.39, 0.29) is 24.1 Å². The Kier molecular flexibility index (Phi) is 10.2. The molecule has 3 N–H and O–H groups in total. The van der Waals surface area contributed by atoms with Crippen molar-refractivity contribution in [2.45, 2.75) is 26.7 Å². The first kappa shape index (κ1) is 20.4. The molecule has 1 aromatic carbocycles. The van der Waals surface area contributed by atoms with E-state index in [9.17, 15) is 9.59 Å². The van der Waals surface area contributed by atoms with Crippen LogP contribution in [0.25, 0.3) is 0 Å². The van der Waals surface area contributed by atoms with Gasteiger partial charge >= 0.3 is 0 Å². The van der Waals surface area contributed by atoms with Gasteiger partial charge in [-0.2, -0.15) is 0 Å². The van der Waals surface area contributed by atoms with Gasteiger partial charge in [0.2, 0.25) is 5.91 Å². The Balaban J connectivity index is 0.00000441. The molecule has 1 aromatic rings. The molecule has 0 aliphatic carbocycles. The van der Waals surface area contributed by atoms with E-state index in [2.05, 4.69) is 5.32 Å². The molecule has 0 heterocycles. The highest BCUT2D eigenvalue weighted by Gasteiger charge is 2.05. The lowest BCUT2D eigenvalue weighted by molar-refractivity contribution is -0.121. The number of carbonyl (C=O) groups is 2. The summed E-state index contributed by atoms with van der Waals surface area (Å²) in [5.41, 5.74) is 6.11. The number of halogens is 1. The van der Waals surface area contributed by atoms with Gasteiger partial charge in [0.15, 0.2) is 5.78 Å². The minimum Gasteiger partial charge on any atom is -0.494 e. The highest BCUT2D eigenvalue weighted by Crippen LogP contribution is 2.14. The summed E-state index contributed by atoms with van der Waals surface area (Å²) in [5.74, 6) is 0.963. The van der Waals surface area contributed by atoms with Gasteiger partial charge in [-0.1, -0.05) is 19.1 Å². The fourth-order valence-corrected chi connectivity index (χ4v) is 1.69. The number of amides is 1. The molecule has 0 fully saturated rings. The normalized spacial score (nSPS) is 11.2. The number of benzene rings is 1. The standard InChI is InChI=1S/C16H24N2O3.ClH/c1-12(10-17)11-18-16(20)7-4-8-21-15-6-3-5-14(9-15)13(2)19;/h3,5-6,9,12H,4,7-8,10-11,17H2,1-2H3,(H,18,20);1H. The summed E-state index contributed by atoms with van der Waals surface area (Å²) in [5, 5.41) is 2.84. The second kappa shape index (κ2) is 11.0. The summed E-state index contributed by atoms with van der Waals surface area (Å²) in [7, 11) is 0. The molecular weight excluding hydrogens is 304 g/mol. The number of nitrogens with two attached hydrogens (primary N) is 1. The van der Waals surface area contributed by atoms with E-state index in [1.54, 1.807) is 24.3 Å². The molecule has 0 aromatic heterocycles. The smallest absolute Gasteiger partial charge is 0.220 e. The first-order valence-corrected chi connectivity index (χ1v) is 7.23. The average Bonchev–Trinajstić information content (AvgIpc) is 2.49. The zero-order chi connectivity index (χ0) is 15.7.